The number of hydrogen-bond donors (Lipinski definition) is 1. The summed E-state index contributed by atoms with van der Waals surface area (Å²) in [6.07, 6.45) is -0.946. The largest absolute Gasteiger partial charge is 0.465 e. The fraction of sp³-hybridized carbons (Fsp3) is 0.344. The molecule has 2 aliphatic heterocycles. The molecule has 10 heteroatoms. The van der Waals surface area contributed by atoms with Gasteiger partial charge in [-0.05, 0) is 42.3 Å². The number of aliphatic hydroxyl groups excluding tert-OH is 1. The van der Waals surface area contributed by atoms with Crippen LogP contribution < -0.4 is 4.90 Å². The third kappa shape index (κ3) is 5.86. The SMILES string of the molecule is CCOC(=O)CN1C(=O)N(CC(O)CN2CCN(c3ccc(Cl)cc3)CC2)C(c2ccccc2)(c2ccccc2)C1=O. The second-order valence-corrected chi connectivity index (χ2v) is 10.9. The summed E-state index contributed by atoms with van der Waals surface area (Å²) in [4.78, 5) is 47.5. The molecule has 1 atom stereocenters. The normalized spacial score (nSPS) is 17.9. The molecule has 0 spiro atoms. The van der Waals surface area contributed by atoms with Crippen molar-refractivity contribution < 1.29 is 24.2 Å². The van der Waals surface area contributed by atoms with Crippen molar-refractivity contribution in [3.63, 3.8) is 0 Å². The molecule has 0 bridgehead atoms. The number of ether oxygens (including phenoxy) is 1. The summed E-state index contributed by atoms with van der Waals surface area (Å²) in [7, 11) is 0. The van der Waals surface area contributed by atoms with E-state index >= 15 is 0 Å². The average Bonchev–Trinajstić information content (AvgIpc) is 3.20. The minimum Gasteiger partial charge on any atom is -0.465 e. The average molecular weight is 591 g/mol. The Balaban J connectivity index is 1.40. The van der Waals surface area contributed by atoms with Gasteiger partial charge in [-0.1, -0.05) is 72.3 Å². The molecule has 2 saturated heterocycles. The van der Waals surface area contributed by atoms with E-state index in [4.69, 9.17) is 16.3 Å². The van der Waals surface area contributed by atoms with Gasteiger partial charge in [0.15, 0.2) is 5.54 Å². The Morgan fingerprint density at radius 2 is 1.45 bits per heavy atom. The van der Waals surface area contributed by atoms with Crippen molar-refractivity contribution in [3.05, 3.63) is 101 Å². The Labute approximate surface area is 250 Å². The molecule has 1 N–H and O–H groups in total. The number of carbonyl (C=O) groups excluding carboxylic acids is 3. The zero-order chi connectivity index (χ0) is 29.7. The highest BCUT2D eigenvalue weighted by Crippen LogP contribution is 2.43. The summed E-state index contributed by atoms with van der Waals surface area (Å²) in [6, 6.07) is 25.2. The lowest BCUT2D eigenvalue weighted by atomic mass is 9.81. The maximum absolute atomic E-state index is 14.3. The van der Waals surface area contributed by atoms with Gasteiger partial charge >= 0.3 is 12.0 Å². The van der Waals surface area contributed by atoms with Crippen LogP contribution in [0.4, 0.5) is 10.5 Å². The first kappa shape index (κ1) is 29.6. The van der Waals surface area contributed by atoms with E-state index < -0.39 is 36.1 Å². The lowest BCUT2D eigenvalue weighted by Crippen LogP contribution is -2.53. The Hall–Kier alpha value is -3.92. The number of anilines is 1. The van der Waals surface area contributed by atoms with Gasteiger partial charge in [-0.2, -0.15) is 0 Å². The quantitative estimate of drug-likeness (QED) is 0.285. The number of amides is 3. The number of imide groups is 1. The number of rotatable bonds is 10. The van der Waals surface area contributed by atoms with Gasteiger partial charge in [0, 0.05) is 43.4 Å². The van der Waals surface area contributed by atoms with Gasteiger partial charge < -0.3 is 14.7 Å². The number of hydrogen-bond acceptors (Lipinski definition) is 7. The summed E-state index contributed by atoms with van der Waals surface area (Å²) in [5.41, 5.74) is 0.688. The zero-order valence-corrected chi connectivity index (χ0v) is 24.3. The van der Waals surface area contributed by atoms with Crippen LogP contribution in [0.15, 0.2) is 84.9 Å². The van der Waals surface area contributed by atoms with Crippen LogP contribution >= 0.6 is 11.6 Å². The van der Waals surface area contributed by atoms with E-state index in [-0.39, 0.29) is 13.2 Å². The molecule has 2 aliphatic rings. The van der Waals surface area contributed by atoms with Gasteiger partial charge in [-0.3, -0.25) is 24.3 Å². The molecule has 42 heavy (non-hydrogen) atoms. The molecule has 3 aromatic carbocycles. The summed E-state index contributed by atoms with van der Waals surface area (Å²) in [5.74, 6) is -1.23. The molecule has 1 unspecified atom stereocenters. The second-order valence-electron chi connectivity index (χ2n) is 10.4. The van der Waals surface area contributed by atoms with E-state index in [1.807, 2.05) is 36.4 Å². The van der Waals surface area contributed by atoms with Crippen LogP contribution in [0.5, 0.6) is 0 Å². The first-order valence-corrected chi connectivity index (χ1v) is 14.5. The monoisotopic (exact) mass is 590 g/mol. The van der Waals surface area contributed by atoms with Gasteiger partial charge in [-0.15, -0.1) is 0 Å². The van der Waals surface area contributed by atoms with E-state index in [1.165, 1.54) is 4.90 Å². The Morgan fingerprint density at radius 1 is 0.881 bits per heavy atom. The topological polar surface area (TPSA) is 93.6 Å². The number of halogens is 1. The van der Waals surface area contributed by atoms with Gasteiger partial charge in [0.1, 0.15) is 6.54 Å². The highest BCUT2D eigenvalue weighted by Gasteiger charge is 2.60. The highest BCUT2D eigenvalue weighted by atomic mass is 35.5. The molecule has 3 aromatic rings. The molecule has 0 saturated carbocycles. The van der Waals surface area contributed by atoms with Crippen molar-refractivity contribution in [2.24, 2.45) is 0 Å². The first-order chi connectivity index (χ1) is 20.3. The minimum absolute atomic E-state index is 0.106. The van der Waals surface area contributed by atoms with Gasteiger partial charge in [0.05, 0.1) is 19.3 Å². The van der Waals surface area contributed by atoms with Crippen LogP contribution in [-0.2, 0) is 19.9 Å². The fourth-order valence-electron chi connectivity index (χ4n) is 5.87. The summed E-state index contributed by atoms with van der Waals surface area (Å²) < 4.78 is 5.07. The van der Waals surface area contributed by atoms with Crippen LogP contribution in [0.2, 0.25) is 5.02 Å². The molecule has 3 amide bonds. The predicted octanol–water partition coefficient (Wildman–Crippen LogP) is 3.59. The van der Waals surface area contributed by atoms with Crippen LogP contribution in [-0.4, -0.2) is 96.2 Å². The maximum atomic E-state index is 14.3. The van der Waals surface area contributed by atoms with Crippen molar-refractivity contribution in [1.29, 1.82) is 0 Å². The standard InChI is InChI=1S/C32H35ClN4O5/c1-2-42-29(39)23-36-30(40)32(24-9-5-3-6-10-24,25-11-7-4-8-12-25)37(31(36)41)22-28(38)21-34-17-19-35(20-18-34)27-15-13-26(33)14-16-27/h3-16,28,38H,2,17-23H2,1H3. The van der Waals surface area contributed by atoms with Gasteiger partial charge in [0.25, 0.3) is 5.91 Å². The fourth-order valence-corrected chi connectivity index (χ4v) is 5.99. The number of carbonyl (C=O) groups is 3. The maximum Gasteiger partial charge on any atom is 0.328 e. The lowest BCUT2D eigenvalue weighted by molar-refractivity contribution is -0.147. The van der Waals surface area contributed by atoms with Crippen LogP contribution in [0.3, 0.4) is 0 Å². The molecule has 0 aliphatic carbocycles. The number of benzene rings is 3. The van der Waals surface area contributed by atoms with E-state index in [0.717, 1.165) is 36.8 Å². The molecule has 9 nitrogen and oxygen atoms in total. The number of piperazine rings is 1. The molecule has 2 fully saturated rings. The van der Waals surface area contributed by atoms with Gasteiger partial charge in [-0.25, -0.2) is 4.79 Å². The highest BCUT2D eigenvalue weighted by molar-refractivity contribution is 6.30. The number of esters is 1. The van der Waals surface area contributed by atoms with Crippen LogP contribution in [0, 0.1) is 0 Å². The molecule has 0 aromatic heterocycles. The van der Waals surface area contributed by atoms with E-state index in [2.05, 4.69) is 9.80 Å². The van der Waals surface area contributed by atoms with Crippen LogP contribution in [0.25, 0.3) is 0 Å². The Morgan fingerprint density at radius 3 is 2.00 bits per heavy atom. The molecule has 220 valence electrons. The van der Waals surface area contributed by atoms with Crippen molar-refractivity contribution in [3.8, 4) is 0 Å². The Bertz CT molecular complexity index is 1340. The third-order valence-corrected chi connectivity index (χ3v) is 8.08. The molecule has 5 rings (SSSR count). The smallest absolute Gasteiger partial charge is 0.328 e. The summed E-state index contributed by atoms with van der Waals surface area (Å²) >= 11 is 6.04. The summed E-state index contributed by atoms with van der Waals surface area (Å²) in [6.45, 7) is 4.52. The second kappa shape index (κ2) is 12.9. The molecular weight excluding hydrogens is 556 g/mol. The van der Waals surface area contributed by atoms with Crippen LogP contribution in [0.1, 0.15) is 18.1 Å². The third-order valence-electron chi connectivity index (χ3n) is 7.82. The molecule has 2 heterocycles. The van der Waals surface area contributed by atoms with Crippen molar-refractivity contribution in [2.45, 2.75) is 18.6 Å². The first-order valence-electron chi connectivity index (χ1n) is 14.2. The van der Waals surface area contributed by atoms with E-state index in [0.29, 0.717) is 22.7 Å². The minimum atomic E-state index is -1.56. The van der Waals surface area contributed by atoms with Crippen molar-refractivity contribution >= 4 is 35.2 Å². The number of nitrogens with zero attached hydrogens (tertiary/aromatic N) is 4. The summed E-state index contributed by atoms with van der Waals surface area (Å²) in [5, 5.41) is 12.1. The number of β-amino-alcohol motifs (C(OH)–C–C–N with tert-alkyl or cyclic N) is 1. The predicted molar refractivity (Wildman–Crippen MR) is 160 cm³/mol. The zero-order valence-electron chi connectivity index (χ0n) is 23.6. The lowest BCUT2D eigenvalue weighted by Gasteiger charge is -2.39. The van der Waals surface area contributed by atoms with Gasteiger partial charge in [0.2, 0.25) is 0 Å². The van der Waals surface area contributed by atoms with E-state index in [1.54, 1.807) is 55.5 Å². The molecular formula is C32H35ClN4O5. The Kier molecular flexibility index (Phi) is 9.11. The van der Waals surface area contributed by atoms with E-state index in [9.17, 15) is 19.5 Å². The van der Waals surface area contributed by atoms with Crippen molar-refractivity contribution in [1.82, 2.24) is 14.7 Å². The molecule has 0 radical (unpaired) electrons. The van der Waals surface area contributed by atoms with Crippen molar-refractivity contribution in [2.75, 3.05) is 57.3 Å². The number of urea groups is 1. The number of aliphatic hydroxyl groups is 1.